The number of rotatable bonds is 4. The number of fused-ring (bicyclic) bond motifs is 1. The number of imidazole rings is 1. The summed E-state index contributed by atoms with van der Waals surface area (Å²) in [4.78, 5) is 7.18. The van der Waals surface area contributed by atoms with Gasteiger partial charge >= 0.3 is 0 Å². The van der Waals surface area contributed by atoms with E-state index < -0.39 is 0 Å². The molecule has 1 aliphatic rings. The summed E-state index contributed by atoms with van der Waals surface area (Å²) >= 11 is 0. The molecule has 0 unspecified atom stereocenters. The molecule has 25 heavy (non-hydrogen) atoms. The number of aromatic nitrogens is 2. The Kier molecular flexibility index (Phi) is 4.40. The van der Waals surface area contributed by atoms with Gasteiger partial charge in [0.15, 0.2) is 0 Å². The van der Waals surface area contributed by atoms with Gasteiger partial charge in [0.1, 0.15) is 23.5 Å². The predicted molar refractivity (Wildman–Crippen MR) is 96.0 cm³/mol. The third-order valence-electron chi connectivity index (χ3n) is 4.90. The van der Waals surface area contributed by atoms with Crippen molar-refractivity contribution in [1.82, 2.24) is 14.5 Å². The van der Waals surface area contributed by atoms with Gasteiger partial charge in [-0.25, -0.2) is 9.37 Å². The van der Waals surface area contributed by atoms with Crippen LogP contribution in [-0.4, -0.2) is 33.6 Å². The second kappa shape index (κ2) is 6.84. The van der Waals surface area contributed by atoms with Gasteiger partial charge in [-0.2, -0.15) is 0 Å². The standard InChI is InChI=1S/C20H22FN3O/c1-23-19-5-3-2-4-18(19)22-20(23)14-24-12-10-17(11-13-24)25-16-8-6-15(21)7-9-16/h2-9,17H,10-14H2,1H3. The van der Waals surface area contributed by atoms with Crippen LogP contribution in [0, 0.1) is 5.82 Å². The molecule has 0 atom stereocenters. The Labute approximate surface area is 146 Å². The zero-order valence-electron chi connectivity index (χ0n) is 14.4. The molecular formula is C20H22FN3O. The quantitative estimate of drug-likeness (QED) is 0.725. The lowest BCUT2D eigenvalue weighted by Gasteiger charge is -2.31. The van der Waals surface area contributed by atoms with Crippen molar-refractivity contribution in [1.29, 1.82) is 0 Å². The van der Waals surface area contributed by atoms with Gasteiger partial charge in [-0.3, -0.25) is 4.90 Å². The highest BCUT2D eigenvalue weighted by atomic mass is 19.1. The number of nitrogens with zero attached hydrogens (tertiary/aromatic N) is 3. The van der Waals surface area contributed by atoms with E-state index in [1.165, 1.54) is 17.6 Å². The molecule has 2 heterocycles. The largest absolute Gasteiger partial charge is 0.490 e. The van der Waals surface area contributed by atoms with Crippen LogP contribution in [-0.2, 0) is 13.6 Å². The summed E-state index contributed by atoms with van der Waals surface area (Å²) in [7, 11) is 2.08. The maximum atomic E-state index is 13.0. The fourth-order valence-corrected chi connectivity index (χ4v) is 3.43. The average molecular weight is 339 g/mol. The first-order valence-corrected chi connectivity index (χ1v) is 8.74. The molecule has 130 valence electrons. The summed E-state index contributed by atoms with van der Waals surface area (Å²) in [6.07, 6.45) is 2.14. The topological polar surface area (TPSA) is 30.3 Å². The van der Waals surface area contributed by atoms with Gasteiger partial charge in [0.2, 0.25) is 0 Å². The first kappa shape index (κ1) is 16.1. The van der Waals surface area contributed by atoms with Crippen LogP contribution < -0.4 is 4.74 Å². The van der Waals surface area contributed by atoms with Crippen molar-refractivity contribution < 1.29 is 9.13 Å². The first-order chi connectivity index (χ1) is 12.2. The van der Waals surface area contributed by atoms with Crippen molar-refractivity contribution in [2.24, 2.45) is 7.05 Å². The van der Waals surface area contributed by atoms with E-state index in [-0.39, 0.29) is 11.9 Å². The summed E-state index contributed by atoms with van der Waals surface area (Å²) in [5.74, 6) is 1.61. The Hall–Kier alpha value is -2.40. The molecule has 0 amide bonds. The first-order valence-electron chi connectivity index (χ1n) is 8.74. The zero-order chi connectivity index (χ0) is 17.2. The minimum Gasteiger partial charge on any atom is -0.490 e. The van der Waals surface area contributed by atoms with Crippen LogP contribution >= 0.6 is 0 Å². The highest BCUT2D eigenvalue weighted by molar-refractivity contribution is 5.75. The number of hydrogen-bond acceptors (Lipinski definition) is 3. The van der Waals surface area contributed by atoms with E-state index in [2.05, 4.69) is 28.6 Å². The third kappa shape index (κ3) is 3.51. The Morgan fingerprint density at radius 3 is 2.52 bits per heavy atom. The highest BCUT2D eigenvalue weighted by Gasteiger charge is 2.22. The van der Waals surface area contributed by atoms with Gasteiger partial charge in [-0.05, 0) is 49.2 Å². The molecule has 2 aromatic carbocycles. The van der Waals surface area contributed by atoms with Crippen LogP contribution in [0.15, 0.2) is 48.5 Å². The molecule has 3 aromatic rings. The molecular weight excluding hydrogens is 317 g/mol. The molecule has 4 nitrogen and oxygen atoms in total. The van der Waals surface area contributed by atoms with Crippen LogP contribution in [0.4, 0.5) is 4.39 Å². The second-order valence-electron chi connectivity index (χ2n) is 6.62. The summed E-state index contributed by atoms with van der Waals surface area (Å²) in [6, 6.07) is 14.5. The smallest absolute Gasteiger partial charge is 0.123 e. The second-order valence-corrected chi connectivity index (χ2v) is 6.62. The summed E-state index contributed by atoms with van der Waals surface area (Å²) < 4.78 is 21.1. The van der Waals surface area contributed by atoms with Crippen LogP contribution in [0.1, 0.15) is 18.7 Å². The maximum Gasteiger partial charge on any atom is 0.123 e. The number of benzene rings is 2. The van der Waals surface area contributed by atoms with E-state index in [0.29, 0.717) is 0 Å². The van der Waals surface area contributed by atoms with Crippen molar-refractivity contribution >= 4 is 11.0 Å². The Morgan fingerprint density at radius 2 is 1.80 bits per heavy atom. The molecule has 1 aliphatic heterocycles. The molecule has 0 bridgehead atoms. The zero-order valence-corrected chi connectivity index (χ0v) is 14.4. The lowest BCUT2D eigenvalue weighted by atomic mass is 10.1. The van der Waals surface area contributed by atoms with Gasteiger partial charge in [0.25, 0.3) is 0 Å². The summed E-state index contributed by atoms with van der Waals surface area (Å²) in [6.45, 7) is 2.82. The molecule has 1 saturated heterocycles. The van der Waals surface area contributed by atoms with E-state index in [1.54, 1.807) is 12.1 Å². The fraction of sp³-hybridized carbons (Fsp3) is 0.350. The van der Waals surface area contributed by atoms with E-state index in [0.717, 1.165) is 49.6 Å². The van der Waals surface area contributed by atoms with Crippen molar-refractivity contribution in [2.45, 2.75) is 25.5 Å². The molecule has 0 N–H and O–H groups in total. The number of piperidine rings is 1. The minimum atomic E-state index is -0.232. The number of halogens is 1. The molecule has 1 aromatic heterocycles. The van der Waals surface area contributed by atoms with Crippen molar-refractivity contribution in [3.05, 3.63) is 60.2 Å². The van der Waals surface area contributed by atoms with Crippen LogP contribution in [0.5, 0.6) is 5.75 Å². The number of aryl methyl sites for hydroxylation is 1. The predicted octanol–water partition coefficient (Wildman–Crippen LogP) is 3.76. The average Bonchev–Trinajstić information content (AvgIpc) is 2.95. The number of hydrogen-bond donors (Lipinski definition) is 0. The SMILES string of the molecule is Cn1c(CN2CCC(Oc3ccc(F)cc3)CC2)nc2ccccc21. The monoisotopic (exact) mass is 339 g/mol. The van der Waals surface area contributed by atoms with E-state index in [4.69, 9.17) is 9.72 Å². The molecule has 5 heteroatoms. The lowest BCUT2D eigenvalue weighted by Crippen LogP contribution is -2.38. The normalized spacial score (nSPS) is 16.4. The number of likely N-dealkylation sites (tertiary alicyclic amines) is 1. The molecule has 0 aliphatic carbocycles. The molecule has 4 rings (SSSR count). The lowest BCUT2D eigenvalue weighted by molar-refractivity contribution is 0.0949. The Bertz CT molecular complexity index is 851. The van der Waals surface area contributed by atoms with Crippen molar-refractivity contribution in [3.8, 4) is 5.75 Å². The summed E-state index contributed by atoms with van der Waals surface area (Å²) in [5, 5.41) is 0. The van der Waals surface area contributed by atoms with Crippen molar-refractivity contribution in [3.63, 3.8) is 0 Å². The molecule has 1 fully saturated rings. The van der Waals surface area contributed by atoms with Gasteiger partial charge in [0, 0.05) is 20.1 Å². The third-order valence-corrected chi connectivity index (χ3v) is 4.90. The van der Waals surface area contributed by atoms with Gasteiger partial charge in [-0.15, -0.1) is 0 Å². The van der Waals surface area contributed by atoms with Crippen LogP contribution in [0.2, 0.25) is 0 Å². The van der Waals surface area contributed by atoms with E-state index in [9.17, 15) is 4.39 Å². The van der Waals surface area contributed by atoms with Gasteiger partial charge in [0.05, 0.1) is 17.6 Å². The fourth-order valence-electron chi connectivity index (χ4n) is 3.43. The molecule has 0 spiro atoms. The van der Waals surface area contributed by atoms with Crippen molar-refractivity contribution in [2.75, 3.05) is 13.1 Å². The summed E-state index contributed by atoms with van der Waals surface area (Å²) in [5.41, 5.74) is 2.22. The highest BCUT2D eigenvalue weighted by Crippen LogP contribution is 2.21. The maximum absolute atomic E-state index is 13.0. The Balaban J connectivity index is 1.35. The molecule has 0 saturated carbocycles. The number of para-hydroxylation sites is 2. The van der Waals surface area contributed by atoms with Gasteiger partial charge in [-0.1, -0.05) is 12.1 Å². The Morgan fingerprint density at radius 1 is 1.08 bits per heavy atom. The van der Waals surface area contributed by atoms with E-state index in [1.807, 2.05) is 12.1 Å². The molecule has 0 radical (unpaired) electrons. The van der Waals surface area contributed by atoms with Gasteiger partial charge < -0.3 is 9.30 Å². The number of ether oxygens (including phenoxy) is 1. The van der Waals surface area contributed by atoms with E-state index >= 15 is 0 Å². The van der Waals surface area contributed by atoms with Crippen LogP contribution in [0.3, 0.4) is 0 Å². The van der Waals surface area contributed by atoms with Crippen LogP contribution in [0.25, 0.3) is 11.0 Å². The minimum absolute atomic E-state index is 0.196.